The number of nitrogens with zero attached hydrogens (tertiary/aromatic N) is 8. The average molecular weight is 1100 g/mol. The fourth-order valence-electron chi connectivity index (χ4n) is 14.3. The molecule has 3 saturated carbocycles. The van der Waals surface area contributed by atoms with E-state index in [0.717, 1.165) is 112 Å². The maximum Gasteiger partial charge on any atom is 0.298 e. The van der Waals surface area contributed by atoms with E-state index in [1.54, 1.807) is 4.31 Å². The van der Waals surface area contributed by atoms with Crippen LogP contribution in [0.4, 0.5) is 23.3 Å². The summed E-state index contributed by atoms with van der Waals surface area (Å²) >= 11 is 0. The summed E-state index contributed by atoms with van der Waals surface area (Å²) in [5.74, 6) is 0.715. The molecule has 6 fully saturated rings. The quantitative estimate of drug-likeness (QED) is 0.0617. The van der Waals surface area contributed by atoms with Crippen molar-refractivity contribution in [2.75, 3.05) is 43.4 Å². The van der Waals surface area contributed by atoms with Gasteiger partial charge in [0.1, 0.15) is 6.73 Å². The Labute approximate surface area is 450 Å². The van der Waals surface area contributed by atoms with Gasteiger partial charge in [0.15, 0.2) is 0 Å². The number of anilines is 4. The van der Waals surface area contributed by atoms with Crippen LogP contribution in [0, 0.1) is 0 Å². The van der Waals surface area contributed by atoms with E-state index in [9.17, 15) is 16.8 Å². The summed E-state index contributed by atoms with van der Waals surface area (Å²) in [6, 6.07) is 7.54. The minimum Gasteiger partial charge on any atom is -0.359 e. The van der Waals surface area contributed by atoms with Gasteiger partial charge in [0, 0.05) is 86.1 Å². The number of aryl methyl sites for hydroxylation is 4. The van der Waals surface area contributed by atoms with Crippen molar-refractivity contribution in [3.8, 4) is 0 Å². The molecule has 2 aromatic carbocycles. The van der Waals surface area contributed by atoms with Crippen molar-refractivity contribution in [1.29, 1.82) is 0 Å². The molecule has 408 valence electrons. The first kappa shape index (κ1) is 52.3. The first-order valence-corrected chi connectivity index (χ1v) is 36.3. The normalized spacial score (nSPS) is 22.8. The Morgan fingerprint density at radius 2 is 1.15 bits per heavy atom. The van der Waals surface area contributed by atoms with Gasteiger partial charge in [0.2, 0.25) is 11.9 Å². The van der Waals surface area contributed by atoms with E-state index in [0.29, 0.717) is 31.6 Å². The molecule has 10 aliphatic rings. The van der Waals surface area contributed by atoms with E-state index in [2.05, 4.69) is 77.5 Å². The second-order valence-electron chi connectivity index (χ2n) is 24.9. The van der Waals surface area contributed by atoms with Crippen molar-refractivity contribution in [2.45, 2.75) is 226 Å². The van der Waals surface area contributed by atoms with Crippen LogP contribution < -0.4 is 10.6 Å². The minimum atomic E-state index is -4.03. The number of hydrogen-bond acceptors (Lipinski definition) is 13. The summed E-state index contributed by atoms with van der Waals surface area (Å²) in [6.45, 7) is 11.3. The number of sulfonamides is 1. The number of piperidine rings is 1. The Hall–Kier alpha value is -3.43. The Balaban J connectivity index is 0.000000125. The van der Waals surface area contributed by atoms with Gasteiger partial charge in [-0.2, -0.15) is 14.3 Å². The summed E-state index contributed by atoms with van der Waals surface area (Å²) in [7, 11) is -3.40. The van der Waals surface area contributed by atoms with Crippen LogP contribution >= 0.6 is 10.7 Å². The molecule has 0 amide bonds. The first-order chi connectivity index (χ1) is 36.1. The lowest BCUT2D eigenvalue weighted by Gasteiger charge is -2.56. The molecule has 2 aromatic heterocycles. The zero-order chi connectivity index (χ0) is 51.7. The van der Waals surface area contributed by atoms with E-state index in [-0.39, 0.29) is 17.4 Å². The second-order valence-corrected chi connectivity index (χ2v) is 34.9. The summed E-state index contributed by atoms with van der Waals surface area (Å²) < 4.78 is 59.2. The third kappa shape index (κ3) is 10.8. The molecule has 14 rings (SSSR count). The van der Waals surface area contributed by atoms with E-state index >= 15 is 0 Å². The van der Waals surface area contributed by atoms with Crippen LogP contribution in [0.1, 0.15) is 154 Å². The monoisotopic (exact) mass is 1100 g/mol. The van der Waals surface area contributed by atoms with E-state index in [1.807, 2.05) is 0 Å². The summed E-state index contributed by atoms with van der Waals surface area (Å²) in [5.41, 5.74) is 14.2. The lowest BCUT2D eigenvalue weighted by atomic mass is 9.72. The van der Waals surface area contributed by atoms with Crippen LogP contribution in [0.5, 0.6) is 0 Å². The fourth-order valence-corrected chi connectivity index (χ4v) is 16.9. The molecule has 16 nitrogen and oxygen atoms in total. The summed E-state index contributed by atoms with van der Waals surface area (Å²) in [5, 5.41) is 17.5. The molecule has 0 radical (unpaired) electrons. The molecule has 3 N–H and O–H groups in total. The van der Waals surface area contributed by atoms with Gasteiger partial charge in [0.25, 0.3) is 29.4 Å². The van der Waals surface area contributed by atoms with Gasteiger partial charge in [-0.3, -0.25) is 9.80 Å². The average Bonchev–Trinajstić information content (AvgIpc) is 3.85. The number of rotatable bonds is 14. The van der Waals surface area contributed by atoms with Crippen LogP contribution in [-0.2, 0) is 81.9 Å². The highest BCUT2D eigenvalue weighted by atomic mass is 35.7. The highest BCUT2D eigenvalue weighted by Gasteiger charge is 2.53. The van der Waals surface area contributed by atoms with Crippen molar-refractivity contribution in [3.05, 3.63) is 56.6 Å². The zero-order valence-electron chi connectivity index (χ0n) is 44.8. The number of fused-ring (bicyclic) bond motifs is 4. The fraction of sp³-hybridized carbons (Fsp3) is 0.709. The second kappa shape index (κ2) is 20.7. The predicted octanol–water partition coefficient (Wildman–Crippen LogP) is 9.71. The molecule has 2 spiro atoms. The molecule has 4 aromatic rings. The number of aromatic amines is 1. The smallest absolute Gasteiger partial charge is 0.298 e. The number of halogens is 1. The van der Waals surface area contributed by atoms with Gasteiger partial charge in [-0.05, 0) is 192 Å². The maximum absolute atomic E-state index is 13.3. The predicted molar refractivity (Wildman–Crippen MR) is 296 cm³/mol. The Bertz CT molecular complexity index is 2940. The Morgan fingerprint density at radius 3 is 1.61 bits per heavy atom. The van der Waals surface area contributed by atoms with E-state index < -0.39 is 32.3 Å². The number of nitrogens with one attached hydrogen (secondary N) is 3. The third-order valence-electron chi connectivity index (χ3n) is 18.8. The van der Waals surface area contributed by atoms with Crippen LogP contribution in [0.25, 0.3) is 0 Å². The largest absolute Gasteiger partial charge is 0.359 e. The Kier molecular flexibility index (Phi) is 14.4. The number of H-pyrrole nitrogens is 1. The number of ether oxygens (including phenoxy) is 1. The Morgan fingerprint density at radius 1 is 0.653 bits per heavy atom. The molecular weight excluding hydrogens is 1020 g/mol. The van der Waals surface area contributed by atoms with Crippen molar-refractivity contribution < 1.29 is 21.6 Å². The highest BCUT2D eigenvalue weighted by molar-refractivity contribution is 8.13. The molecule has 7 aliphatic carbocycles. The molecule has 5 heterocycles. The van der Waals surface area contributed by atoms with Crippen LogP contribution in [-0.4, -0.2) is 125 Å². The molecular formula is C55H80ClN11O5S2Si. The van der Waals surface area contributed by atoms with Crippen molar-refractivity contribution in [1.82, 2.24) is 44.1 Å². The lowest BCUT2D eigenvalue weighted by molar-refractivity contribution is -0.0542. The molecule has 3 aliphatic heterocycles. The van der Waals surface area contributed by atoms with Crippen LogP contribution in [0.2, 0.25) is 25.7 Å². The lowest BCUT2D eigenvalue weighted by Crippen LogP contribution is -2.65. The molecule has 75 heavy (non-hydrogen) atoms. The summed E-state index contributed by atoms with van der Waals surface area (Å²) in [6.07, 6.45) is 31.0. The van der Waals surface area contributed by atoms with Gasteiger partial charge in [-0.15, -0.1) is 10.2 Å². The van der Waals surface area contributed by atoms with Gasteiger partial charge in [0.05, 0.1) is 0 Å². The van der Waals surface area contributed by atoms with Crippen LogP contribution in [0.15, 0.2) is 22.4 Å². The third-order valence-corrected chi connectivity index (χ3v) is 23.3. The molecule has 0 unspecified atom stereocenters. The standard InChI is InChI=1S/C24H32N6O2S.C20H29ClN4O3SSi.C11H19N/c31-33(32,29-12-9-24(10-13-29)11-14-30(24)18-7-8-18)23-26-22(27-28-23)25-21-19-5-1-3-16(19)15-17-4-2-6-20(17)21;1-30(2,3)11-10-28-13-25-19(23-20(24-25)29(21,26)27)22-18-16-8-4-6-14(16)12-15-7-5-9-17(15)18;1-2-6-11(7-3-1)8-9-12(11)10-4-5-10/h15,18H,1-14H2,(H2,25,26,27,28);12H,4-11,13H2,1-3H3,(H,22,23,24);10H,1-9H2. The van der Waals surface area contributed by atoms with Crippen molar-refractivity contribution >= 4 is 61.1 Å². The van der Waals surface area contributed by atoms with Crippen molar-refractivity contribution in [2.24, 2.45) is 0 Å². The number of hydrogen-bond donors (Lipinski definition) is 3. The highest BCUT2D eigenvalue weighted by Crippen LogP contribution is 2.50. The minimum absolute atomic E-state index is 0.0437. The van der Waals surface area contributed by atoms with E-state index in [4.69, 9.17) is 15.4 Å². The van der Waals surface area contributed by atoms with Gasteiger partial charge < -0.3 is 15.4 Å². The molecule has 20 heteroatoms. The molecule has 0 atom stereocenters. The number of likely N-dealkylation sites (tertiary alicyclic amines) is 2. The van der Waals surface area contributed by atoms with Gasteiger partial charge in [-0.1, -0.05) is 51.0 Å². The first-order valence-electron chi connectivity index (χ1n) is 28.9. The van der Waals surface area contributed by atoms with Crippen LogP contribution in [0.3, 0.4) is 0 Å². The maximum atomic E-state index is 13.3. The van der Waals surface area contributed by atoms with E-state index in [1.165, 1.54) is 146 Å². The number of benzene rings is 2. The van der Waals surface area contributed by atoms with Crippen molar-refractivity contribution in [3.63, 3.8) is 0 Å². The zero-order valence-corrected chi connectivity index (χ0v) is 48.1. The number of aromatic nitrogens is 6. The molecule has 3 saturated heterocycles. The SMILES string of the molecule is C1CCC2(CC1)CCN2C1CC1.C[Si](C)(C)CCOCn1nc(S(=O)(=O)Cl)nc1Nc1c2c(cc3c1CCC3)CCC2.O=S(=O)(c1nc(Nc2c3c(cc4c2CCC4)CCC3)n[nH]1)N1CCC2(CCN2C2CC2)CC1. The summed E-state index contributed by atoms with van der Waals surface area (Å²) in [4.78, 5) is 14.1. The van der Waals surface area contributed by atoms with Gasteiger partial charge >= 0.3 is 0 Å². The molecule has 0 bridgehead atoms. The van der Waals surface area contributed by atoms with Gasteiger partial charge in [-0.25, -0.2) is 26.6 Å². The topological polar surface area (TPSA) is 184 Å².